The Bertz CT molecular complexity index is 508. The van der Waals surface area contributed by atoms with Gasteiger partial charge in [-0.3, -0.25) is 9.59 Å². The Morgan fingerprint density at radius 1 is 1.53 bits per heavy atom. The Labute approximate surface area is 120 Å². The van der Waals surface area contributed by atoms with Gasteiger partial charge in [-0.05, 0) is 20.1 Å². The van der Waals surface area contributed by atoms with E-state index in [9.17, 15) is 9.59 Å². The zero-order valence-electron chi connectivity index (χ0n) is 10.7. The van der Waals surface area contributed by atoms with E-state index in [1.807, 2.05) is 0 Å². The summed E-state index contributed by atoms with van der Waals surface area (Å²) in [6.45, 7) is 3.23. The highest BCUT2D eigenvalue weighted by atomic mass is 35.5. The van der Waals surface area contributed by atoms with Crippen molar-refractivity contribution < 1.29 is 14.7 Å². The van der Waals surface area contributed by atoms with Crippen LogP contribution in [0, 0.1) is 0 Å². The highest BCUT2D eigenvalue weighted by molar-refractivity contribution is 7.98. The molecule has 19 heavy (non-hydrogen) atoms. The quantitative estimate of drug-likeness (QED) is 0.637. The fraction of sp³-hybridized carbons (Fsp3) is 0.455. The van der Waals surface area contributed by atoms with Crippen LogP contribution in [0.2, 0.25) is 5.02 Å². The van der Waals surface area contributed by atoms with Crippen LogP contribution in [0.4, 0.5) is 0 Å². The Kier molecular flexibility index (Phi) is 5.13. The Morgan fingerprint density at radius 3 is 2.68 bits per heavy atom. The van der Waals surface area contributed by atoms with Crippen molar-refractivity contribution in [1.29, 1.82) is 0 Å². The Morgan fingerprint density at radius 2 is 2.16 bits per heavy atom. The SMILES string of the molecule is CSc1ncc(Cl)c(C(=O)NC(C)(C)CC(=O)O)n1. The van der Waals surface area contributed by atoms with Crippen molar-refractivity contribution in [2.24, 2.45) is 0 Å². The molecular formula is C11H14ClN3O3S. The highest BCUT2D eigenvalue weighted by Crippen LogP contribution is 2.18. The first-order valence-corrected chi connectivity index (χ1v) is 6.96. The maximum atomic E-state index is 12.0. The second-order valence-corrected chi connectivity index (χ2v) is 5.64. The summed E-state index contributed by atoms with van der Waals surface area (Å²) in [7, 11) is 0. The fourth-order valence-electron chi connectivity index (χ4n) is 1.40. The van der Waals surface area contributed by atoms with Gasteiger partial charge in [0.15, 0.2) is 10.9 Å². The topological polar surface area (TPSA) is 92.2 Å². The minimum atomic E-state index is -0.996. The van der Waals surface area contributed by atoms with E-state index in [1.165, 1.54) is 18.0 Å². The van der Waals surface area contributed by atoms with Crippen LogP contribution in [0.3, 0.4) is 0 Å². The van der Waals surface area contributed by atoms with Crippen molar-refractivity contribution in [2.45, 2.75) is 31.0 Å². The molecule has 1 aromatic rings. The van der Waals surface area contributed by atoms with Crippen molar-refractivity contribution in [2.75, 3.05) is 6.26 Å². The molecule has 0 aliphatic carbocycles. The molecule has 1 amide bonds. The zero-order valence-corrected chi connectivity index (χ0v) is 12.3. The Balaban J connectivity index is 2.92. The number of thioether (sulfide) groups is 1. The lowest BCUT2D eigenvalue weighted by Gasteiger charge is -2.24. The van der Waals surface area contributed by atoms with Crippen molar-refractivity contribution in [3.05, 3.63) is 16.9 Å². The van der Waals surface area contributed by atoms with E-state index < -0.39 is 17.4 Å². The van der Waals surface area contributed by atoms with Gasteiger partial charge in [0.05, 0.1) is 17.6 Å². The number of carboxylic acid groups (broad SMARTS) is 1. The molecule has 1 aromatic heterocycles. The van der Waals surface area contributed by atoms with Crippen molar-refractivity contribution >= 4 is 35.2 Å². The second kappa shape index (κ2) is 6.21. The van der Waals surface area contributed by atoms with Crippen molar-refractivity contribution in [3.63, 3.8) is 0 Å². The molecule has 0 aromatic carbocycles. The van der Waals surface area contributed by atoms with Gasteiger partial charge in [0.2, 0.25) is 0 Å². The number of aromatic nitrogens is 2. The smallest absolute Gasteiger partial charge is 0.305 e. The summed E-state index contributed by atoms with van der Waals surface area (Å²) >= 11 is 7.15. The summed E-state index contributed by atoms with van der Waals surface area (Å²) in [5, 5.41) is 11.9. The number of rotatable bonds is 5. The molecule has 0 atom stereocenters. The van der Waals surface area contributed by atoms with E-state index in [0.717, 1.165) is 0 Å². The molecule has 0 saturated heterocycles. The molecule has 0 bridgehead atoms. The molecule has 6 nitrogen and oxygen atoms in total. The first kappa shape index (κ1) is 15.7. The molecule has 0 spiro atoms. The summed E-state index contributed by atoms with van der Waals surface area (Å²) < 4.78 is 0. The van der Waals surface area contributed by atoms with Gasteiger partial charge in [-0.25, -0.2) is 9.97 Å². The standard InChI is InChI=1S/C11H14ClN3O3S/c1-11(2,4-7(16)17)15-9(18)8-6(12)5-13-10(14-8)19-3/h5H,4H2,1-3H3,(H,15,18)(H,16,17). The maximum Gasteiger partial charge on any atom is 0.305 e. The number of nitrogens with zero attached hydrogens (tertiary/aromatic N) is 2. The number of aliphatic carboxylic acids is 1. The molecule has 8 heteroatoms. The molecule has 1 heterocycles. The molecule has 0 fully saturated rings. The fourth-order valence-corrected chi connectivity index (χ4v) is 1.91. The minimum Gasteiger partial charge on any atom is -0.481 e. The van der Waals surface area contributed by atoms with Crippen LogP contribution in [-0.2, 0) is 4.79 Å². The number of amides is 1. The second-order valence-electron chi connectivity index (χ2n) is 4.46. The molecule has 104 valence electrons. The van der Waals surface area contributed by atoms with Crippen LogP contribution < -0.4 is 5.32 Å². The van der Waals surface area contributed by atoms with Gasteiger partial charge in [0.1, 0.15) is 0 Å². The van der Waals surface area contributed by atoms with Gasteiger partial charge < -0.3 is 10.4 Å². The number of carbonyl (C=O) groups is 2. The lowest BCUT2D eigenvalue weighted by Crippen LogP contribution is -2.45. The van der Waals surface area contributed by atoms with E-state index in [0.29, 0.717) is 5.16 Å². The first-order valence-electron chi connectivity index (χ1n) is 5.36. The van der Waals surface area contributed by atoms with Crippen LogP contribution in [0.1, 0.15) is 30.8 Å². The number of carboxylic acids is 1. The highest BCUT2D eigenvalue weighted by Gasteiger charge is 2.26. The van der Waals surface area contributed by atoms with Crippen LogP contribution in [-0.4, -0.2) is 38.7 Å². The number of hydrogen-bond donors (Lipinski definition) is 2. The molecular weight excluding hydrogens is 290 g/mol. The summed E-state index contributed by atoms with van der Waals surface area (Å²) in [5.41, 5.74) is -0.851. The molecule has 0 radical (unpaired) electrons. The predicted octanol–water partition coefficient (Wildman–Crippen LogP) is 1.83. The molecule has 0 aliphatic heterocycles. The average Bonchev–Trinajstić information content (AvgIpc) is 2.26. The van der Waals surface area contributed by atoms with Crippen LogP contribution in [0.15, 0.2) is 11.4 Å². The summed E-state index contributed by atoms with van der Waals surface area (Å²) in [6, 6.07) is 0. The third kappa shape index (κ3) is 4.68. The van der Waals surface area contributed by atoms with Gasteiger partial charge in [0.25, 0.3) is 5.91 Å². The lowest BCUT2D eigenvalue weighted by atomic mass is 10.0. The third-order valence-corrected chi connectivity index (χ3v) is 3.00. The zero-order chi connectivity index (χ0) is 14.6. The summed E-state index contributed by atoms with van der Waals surface area (Å²) in [5.74, 6) is -1.52. The monoisotopic (exact) mass is 303 g/mol. The average molecular weight is 304 g/mol. The van der Waals surface area contributed by atoms with E-state index in [4.69, 9.17) is 16.7 Å². The number of halogens is 1. The van der Waals surface area contributed by atoms with Gasteiger partial charge in [-0.15, -0.1) is 0 Å². The minimum absolute atomic E-state index is 0.0412. The van der Waals surface area contributed by atoms with Gasteiger partial charge in [0, 0.05) is 5.54 Å². The van der Waals surface area contributed by atoms with Crippen LogP contribution in [0.25, 0.3) is 0 Å². The van der Waals surface area contributed by atoms with Crippen molar-refractivity contribution in [1.82, 2.24) is 15.3 Å². The molecule has 0 unspecified atom stereocenters. The normalized spacial score (nSPS) is 11.2. The van der Waals surface area contributed by atoms with Gasteiger partial charge in [-0.2, -0.15) is 0 Å². The van der Waals surface area contributed by atoms with E-state index in [-0.39, 0.29) is 17.1 Å². The summed E-state index contributed by atoms with van der Waals surface area (Å²) in [4.78, 5) is 30.7. The largest absolute Gasteiger partial charge is 0.481 e. The number of carbonyl (C=O) groups excluding carboxylic acids is 1. The first-order chi connectivity index (χ1) is 8.75. The van der Waals surface area contributed by atoms with Crippen LogP contribution >= 0.6 is 23.4 Å². The van der Waals surface area contributed by atoms with Crippen molar-refractivity contribution in [3.8, 4) is 0 Å². The molecule has 0 saturated carbocycles. The number of hydrogen-bond acceptors (Lipinski definition) is 5. The third-order valence-electron chi connectivity index (χ3n) is 2.16. The predicted molar refractivity (Wildman–Crippen MR) is 72.6 cm³/mol. The summed E-state index contributed by atoms with van der Waals surface area (Å²) in [6.07, 6.45) is 2.93. The maximum absolute atomic E-state index is 12.0. The molecule has 0 aliphatic rings. The Hall–Kier alpha value is -1.34. The van der Waals surface area contributed by atoms with Crippen LogP contribution in [0.5, 0.6) is 0 Å². The van der Waals surface area contributed by atoms with Gasteiger partial charge >= 0.3 is 5.97 Å². The number of nitrogens with one attached hydrogen (secondary N) is 1. The van der Waals surface area contributed by atoms with Gasteiger partial charge in [-0.1, -0.05) is 23.4 Å². The lowest BCUT2D eigenvalue weighted by molar-refractivity contribution is -0.138. The molecule has 2 N–H and O–H groups in total. The van der Waals surface area contributed by atoms with E-state index >= 15 is 0 Å². The van der Waals surface area contributed by atoms with E-state index in [1.54, 1.807) is 20.1 Å². The molecule has 1 rings (SSSR count). The van der Waals surface area contributed by atoms with E-state index in [2.05, 4.69) is 15.3 Å².